The van der Waals surface area contributed by atoms with Crippen LogP contribution in [0.25, 0.3) is 0 Å². The van der Waals surface area contributed by atoms with Crippen LogP contribution in [0.1, 0.15) is 50.3 Å². The van der Waals surface area contributed by atoms with Crippen molar-refractivity contribution in [2.45, 2.75) is 58.7 Å². The van der Waals surface area contributed by atoms with Crippen LogP contribution in [0.4, 0.5) is 0 Å². The summed E-state index contributed by atoms with van der Waals surface area (Å²) in [6, 6.07) is 18.0. The molecule has 2 amide bonds. The summed E-state index contributed by atoms with van der Waals surface area (Å²) in [5.74, 6) is 0.537. The molecule has 1 heterocycles. The molecule has 2 aromatic rings. The van der Waals surface area contributed by atoms with Crippen LogP contribution in [-0.2, 0) is 29.1 Å². The highest BCUT2D eigenvalue weighted by Gasteiger charge is 2.47. The molecule has 1 aliphatic heterocycles. The molecule has 164 valence electrons. The molecule has 0 fully saturated rings. The summed E-state index contributed by atoms with van der Waals surface area (Å²) < 4.78 is 0. The Balaban J connectivity index is 1.73. The molecule has 6 heteroatoms. The lowest BCUT2D eigenvalue weighted by molar-refractivity contribution is -0.132. The molecule has 31 heavy (non-hydrogen) atoms. The van der Waals surface area contributed by atoms with Gasteiger partial charge in [0.25, 0.3) is 5.91 Å². The predicted octanol–water partition coefficient (Wildman–Crippen LogP) is 3.40. The maximum atomic E-state index is 13.5. The van der Waals surface area contributed by atoms with Crippen molar-refractivity contribution in [2.75, 3.05) is 0 Å². The van der Waals surface area contributed by atoms with E-state index in [-0.39, 0.29) is 11.8 Å². The van der Waals surface area contributed by atoms with Gasteiger partial charge in [-0.1, -0.05) is 68.4 Å². The molecular weight excluding hydrogens is 388 g/mol. The summed E-state index contributed by atoms with van der Waals surface area (Å²) in [5.41, 5.74) is 8.62. The number of hydrogen-bond acceptors (Lipinski definition) is 4. The first-order valence-corrected chi connectivity index (χ1v) is 10.8. The van der Waals surface area contributed by atoms with E-state index in [1.54, 1.807) is 4.90 Å². The van der Waals surface area contributed by atoms with Crippen LogP contribution >= 0.6 is 0 Å². The van der Waals surface area contributed by atoms with E-state index in [2.05, 4.69) is 31.3 Å². The van der Waals surface area contributed by atoms with Gasteiger partial charge in [0.05, 0.1) is 6.54 Å². The lowest BCUT2D eigenvalue weighted by Crippen LogP contribution is -2.44. The van der Waals surface area contributed by atoms with E-state index in [1.807, 2.05) is 42.5 Å². The van der Waals surface area contributed by atoms with Crippen molar-refractivity contribution >= 4 is 17.8 Å². The lowest BCUT2D eigenvalue weighted by atomic mass is 9.83. The molecule has 1 atom stereocenters. The van der Waals surface area contributed by atoms with Gasteiger partial charge in [-0.25, -0.2) is 4.99 Å². The Kier molecular flexibility index (Phi) is 7.10. The van der Waals surface area contributed by atoms with Gasteiger partial charge >= 0.3 is 0 Å². The van der Waals surface area contributed by atoms with E-state index >= 15 is 0 Å². The van der Waals surface area contributed by atoms with E-state index in [0.717, 1.165) is 17.5 Å². The lowest BCUT2D eigenvalue weighted by Gasteiger charge is -2.28. The zero-order valence-corrected chi connectivity index (χ0v) is 18.6. The van der Waals surface area contributed by atoms with Gasteiger partial charge in [-0.2, -0.15) is 0 Å². The van der Waals surface area contributed by atoms with Crippen LogP contribution in [0.5, 0.6) is 0 Å². The van der Waals surface area contributed by atoms with Crippen LogP contribution < -0.4 is 11.1 Å². The summed E-state index contributed by atoms with van der Waals surface area (Å²) >= 11 is 0. The molecule has 0 spiro atoms. The number of hydrogen-bond donors (Lipinski definition) is 2. The maximum absolute atomic E-state index is 13.5. The molecule has 0 saturated carbocycles. The van der Waals surface area contributed by atoms with Gasteiger partial charge < -0.3 is 11.1 Å². The van der Waals surface area contributed by atoms with Crippen LogP contribution in [0.15, 0.2) is 59.6 Å². The zero-order valence-electron chi connectivity index (χ0n) is 18.6. The van der Waals surface area contributed by atoms with Gasteiger partial charge in [0, 0.05) is 13.5 Å². The molecule has 0 radical (unpaired) electrons. The van der Waals surface area contributed by atoms with Crippen LogP contribution in [0.3, 0.4) is 0 Å². The second-order valence-electron chi connectivity index (χ2n) is 8.70. The molecule has 1 aliphatic rings. The minimum absolute atomic E-state index is 0.0167. The largest absolute Gasteiger partial charge is 0.369 e. The van der Waals surface area contributed by atoms with Crippen molar-refractivity contribution in [2.24, 2.45) is 16.6 Å². The first kappa shape index (κ1) is 22.5. The quantitative estimate of drug-likeness (QED) is 0.652. The molecule has 2 aromatic carbocycles. The highest BCUT2D eigenvalue weighted by molar-refractivity contribution is 6.06. The molecule has 3 rings (SSSR count). The number of nitrogens with two attached hydrogens (primary N) is 1. The van der Waals surface area contributed by atoms with E-state index in [1.165, 1.54) is 12.5 Å². The van der Waals surface area contributed by atoms with E-state index in [9.17, 15) is 9.59 Å². The van der Waals surface area contributed by atoms with E-state index in [0.29, 0.717) is 37.8 Å². The topological polar surface area (TPSA) is 87.8 Å². The third kappa shape index (κ3) is 5.72. The van der Waals surface area contributed by atoms with Crippen molar-refractivity contribution in [3.05, 3.63) is 71.3 Å². The number of aryl methyl sites for hydroxylation is 1. The zero-order chi connectivity index (χ0) is 22.4. The van der Waals surface area contributed by atoms with Crippen LogP contribution in [-0.4, -0.2) is 28.2 Å². The number of benzene rings is 2. The van der Waals surface area contributed by atoms with Gasteiger partial charge in [0.2, 0.25) is 5.91 Å². The number of aliphatic imine (C=N–C) groups is 1. The number of nitrogens with one attached hydrogen (secondary N) is 1. The molecule has 0 bridgehead atoms. The molecule has 6 nitrogen and oxygen atoms in total. The normalized spacial score (nSPS) is 18.4. The summed E-state index contributed by atoms with van der Waals surface area (Å²) in [7, 11) is 0. The average molecular weight is 421 g/mol. The van der Waals surface area contributed by atoms with Crippen molar-refractivity contribution in [1.29, 1.82) is 0 Å². The maximum Gasteiger partial charge on any atom is 0.257 e. The highest BCUT2D eigenvalue weighted by Crippen LogP contribution is 2.34. The number of nitrogens with zero attached hydrogens (tertiary/aromatic N) is 2. The van der Waals surface area contributed by atoms with Gasteiger partial charge in [0.1, 0.15) is 5.54 Å². The molecule has 0 saturated heterocycles. The number of guanidine groups is 1. The highest BCUT2D eigenvalue weighted by atomic mass is 16.2. The Morgan fingerprint density at radius 1 is 1.06 bits per heavy atom. The second-order valence-corrected chi connectivity index (χ2v) is 8.70. The fourth-order valence-corrected chi connectivity index (χ4v) is 4.08. The Hall–Kier alpha value is -3.15. The number of carbonyl (C=O) groups is 2. The van der Waals surface area contributed by atoms with E-state index < -0.39 is 5.54 Å². The third-order valence-corrected chi connectivity index (χ3v) is 5.57. The van der Waals surface area contributed by atoms with Crippen molar-refractivity contribution in [3.63, 3.8) is 0 Å². The third-order valence-electron chi connectivity index (χ3n) is 5.57. The minimum atomic E-state index is -0.806. The summed E-state index contributed by atoms with van der Waals surface area (Å²) in [4.78, 5) is 30.9. The van der Waals surface area contributed by atoms with Crippen LogP contribution in [0, 0.1) is 5.92 Å². The predicted molar refractivity (Wildman–Crippen MR) is 123 cm³/mol. The molecular formula is C25H32N4O2. The number of carbonyl (C=O) groups excluding carboxylic acids is 2. The monoisotopic (exact) mass is 420 g/mol. The Morgan fingerprint density at radius 3 is 2.32 bits per heavy atom. The molecule has 0 aliphatic carbocycles. The fraction of sp³-hybridized carbons (Fsp3) is 0.400. The van der Waals surface area contributed by atoms with Crippen LogP contribution in [0.2, 0.25) is 0 Å². The Bertz CT molecular complexity index is 938. The van der Waals surface area contributed by atoms with Gasteiger partial charge in [-0.05, 0) is 41.9 Å². The van der Waals surface area contributed by atoms with Crippen molar-refractivity contribution < 1.29 is 9.59 Å². The van der Waals surface area contributed by atoms with Gasteiger partial charge in [0.15, 0.2) is 5.96 Å². The molecule has 3 N–H and O–H groups in total. The SMILES string of the molecule is CC(=O)NCc1ccc(CN2C(=O)C(CCc3ccccc3)(CC(C)C)N=C2N)cc1. The minimum Gasteiger partial charge on any atom is -0.369 e. The number of rotatable bonds is 9. The van der Waals surface area contributed by atoms with E-state index in [4.69, 9.17) is 10.7 Å². The Morgan fingerprint density at radius 2 is 1.71 bits per heavy atom. The molecule has 1 unspecified atom stereocenters. The van der Waals surface area contributed by atoms with Crippen molar-refractivity contribution in [1.82, 2.24) is 10.2 Å². The molecule has 0 aromatic heterocycles. The van der Waals surface area contributed by atoms with Gasteiger partial charge in [-0.3, -0.25) is 14.5 Å². The second kappa shape index (κ2) is 9.77. The first-order chi connectivity index (χ1) is 14.8. The average Bonchev–Trinajstić information content (AvgIpc) is 2.96. The first-order valence-electron chi connectivity index (χ1n) is 10.8. The van der Waals surface area contributed by atoms with Crippen molar-refractivity contribution in [3.8, 4) is 0 Å². The summed E-state index contributed by atoms with van der Waals surface area (Å²) in [6.45, 7) is 6.59. The summed E-state index contributed by atoms with van der Waals surface area (Å²) in [6.07, 6.45) is 2.09. The Labute approximate surface area is 184 Å². The standard InChI is InChI=1S/C25H32N4O2/c1-18(2)15-25(14-13-20-7-5-4-6-8-20)23(31)29(24(26)28-25)17-22-11-9-21(10-12-22)16-27-19(3)30/h4-12,18H,13-17H2,1-3H3,(H2,26,28)(H,27,30). The smallest absolute Gasteiger partial charge is 0.257 e. The fourth-order valence-electron chi connectivity index (χ4n) is 4.08. The number of amides is 2. The van der Waals surface area contributed by atoms with Gasteiger partial charge in [-0.15, -0.1) is 0 Å². The summed E-state index contributed by atoms with van der Waals surface area (Å²) in [5, 5.41) is 2.78.